The summed E-state index contributed by atoms with van der Waals surface area (Å²) in [5.74, 6) is 0.399. The number of aryl methyl sites for hydroxylation is 1. The van der Waals surface area contributed by atoms with E-state index in [-0.39, 0.29) is 5.41 Å². The summed E-state index contributed by atoms with van der Waals surface area (Å²) in [5, 5.41) is 6.44. The van der Waals surface area contributed by atoms with E-state index in [1.807, 2.05) is 17.9 Å². The lowest BCUT2D eigenvalue weighted by Crippen LogP contribution is -2.14. The van der Waals surface area contributed by atoms with E-state index in [0.717, 1.165) is 27.0 Å². The maximum Gasteiger partial charge on any atom is 0.114 e. The number of anilines is 1. The number of nitrogens with zero attached hydrogens (tertiary/aromatic N) is 3. The Labute approximate surface area is 118 Å². The van der Waals surface area contributed by atoms with E-state index in [4.69, 9.17) is 10.7 Å². The number of rotatable bonds is 2. The minimum absolute atomic E-state index is 0.0232. The molecule has 0 saturated carbocycles. The van der Waals surface area contributed by atoms with Crippen molar-refractivity contribution < 1.29 is 0 Å². The van der Waals surface area contributed by atoms with Gasteiger partial charge >= 0.3 is 0 Å². The molecule has 0 atom stereocenters. The van der Waals surface area contributed by atoms with Crippen molar-refractivity contribution in [2.24, 2.45) is 7.05 Å². The van der Waals surface area contributed by atoms with E-state index in [1.165, 1.54) is 0 Å². The Kier molecular flexibility index (Phi) is 3.43. The van der Waals surface area contributed by atoms with Gasteiger partial charge in [-0.3, -0.25) is 4.68 Å². The molecule has 4 nitrogen and oxygen atoms in total. The predicted molar refractivity (Wildman–Crippen MR) is 81.5 cm³/mol. The van der Waals surface area contributed by atoms with E-state index >= 15 is 0 Å². The van der Waals surface area contributed by atoms with Crippen LogP contribution in [0.25, 0.3) is 11.3 Å². The van der Waals surface area contributed by atoms with E-state index in [2.05, 4.69) is 39.7 Å². The molecule has 2 aromatic heterocycles. The molecule has 2 N–H and O–H groups in total. The first-order valence-electron chi connectivity index (χ1n) is 6.51. The van der Waals surface area contributed by atoms with E-state index in [0.29, 0.717) is 5.92 Å². The standard InChI is InChI=1S/C14H22N4S/c1-8(2)13-16-10(12(15)19-13)9-7-18(6)17-11(9)14(3,4)5/h7-8H,15H2,1-6H3. The second kappa shape index (κ2) is 4.63. The van der Waals surface area contributed by atoms with Gasteiger partial charge in [0.25, 0.3) is 0 Å². The van der Waals surface area contributed by atoms with Crippen LogP contribution in [0.1, 0.15) is 51.2 Å². The van der Waals surface area contributed by atoms with Crippen molar-refractivity contribution >= 4 is 16.3 Å². The minimum Gasteiger partial charge on any atom is -0.389 e. The molecule has 0 aliphatic rings. The van der Waals surface area contributed by atoms with Crippen LogP contribution < -0.4 is 5.73 Å². The first-order chi connectivity index (χ1) is 8.70. The lowest BCUT2D eigenvalue weighted by Gasteiger charge is -2.16. The first-order valence-corrected chi connectivity index (χ1v) is 7.32. The number of hydrogen-bond donors (Lipinski definition) is 1. The monoisotopic (exact) mass is 278 g/mol. The third-order valence-electron chi connectivity index (χ3n) is 2.96. The van der Waals surface area contributed by atoms with Gasteiger partial charge in [-0.25, -0.2) is 4.98 Å². The molecule has 19 heavy (non-hydrogen) atoms. The molecule has 0 spiro atoms. The summed E-state index contributed by atoms with van der Waals surface area (Å²) in [6, 6.07) is 0. The number of hydrogen-bond acceptors (Lipinski definition) is 4. The molecule has 0 unspecified atom stereocenters. The summed E-state index contributed by atoms with van der Waals surface area (Å²) in [6.07, 6.45) is 2.01. The van der Waals surface area contributed by atoms with Crippen LogP contribution in [0.5, 0.6) is 0 Å². The molecule has 0 saturated heterocycles. The molecule has 0 amide bonds. The molecule has 0 bridgehead atoms. The van der Waals surface area contributed by atoms with Gasteiger partial charge in [-0.1, -0.05) is 34.6 Å². The first kappa shape index (κ1) is 14.1. The molecule has 104 valence electrons. The molecule has 5 heteroatoms. The number of aromatic nitrogens is 3. The van der Waals surface area contributed by atoms with Gasteiger partial charge in [-0.05, 0) is 0 Å². The number of thiazole rings is 1. The molecule has 0 radical (unpaired) electrons. The highest BCUT2D eigenvalue weighted by atomic mass is 32.1. The SMILES string of the molecule is CC(C)c1nc(-c2cn(C)nc2C(C)(C)C)c(N)s1. The lowest BCUT2D eigenvalue weighted by atomic mass is 9.89. The Balaban J connectivity index is 2.59. The van der Waals surface area contributed by atoms with Crippen LogP contribution in [0.3, 0.4) is 0 Å². The summed E-state index contributed by atoms with van der Waals surface area (Å²) in [6.45, 7) is 10.7. The smallest absolute Gasteiger partial charge is 0.114 e. The van der Waals surface area contributed by atoms with Crippen molar-refractivity contribution in [3.63, 3.8) is 0 Å². The van der Waals surface area contributed by atoms with Crippen LogP contribution in [0.15, 0.2) is 6.20 Å². The van der Waals surface area contributed by atoms with Crippen molar-refractivity contribution in [1.82, 2.24) is 14.8 Å². The Morgan fingerprint density at radius 2 is 1.95 bits per heavy atom. The van der Waals surface area contributed by atoms with Crippen LogP contribution >= 0.6 is 11.3 Å². The van der Waals surface area contributed by atoms with Crippen LogP contribution in [0, 0.1) is 0 Å². The summed E-state index contributed by atoms with van der Waals surface area (Å²) in [4.78, 5) is 4.71. The minimum atomic E-state index is -0.0232. The Bertz CT molecular complexity index is 587. The van der Waals surface area contributed by atoms with E-state index in [9.17, 15) is 0 Å². The third-order valence-corrected chi connectivity index (χ3v) is 4.14. The number of nitrogen functional groups attached to an aromatic ring is 1. The van der Waals surface area contributed by atoms with Crippen molar-refractivity contribution in [3.8, 4) is 11.3 Å². The van der Waals surface area contributed by atoms with Crippen LogP contribution in [-0.4, -0.2) is 14.8 Å². The highest BCUT2D eigenvalue weighted by Gasteiger charge is 2.25. The zero-order valence-corrected chi connectivity index (χ0v) is 13.3. The maximum atomic E-state index is 6.15. The van der Waals surface area contributed by atoms with Gasteiger partial charge in [-0.2, -0.15) is 5.10 Å². The average molecular weight is 278 g/mol. The topological polar surface area (TPSA) is 56.7 Å². The summed E-state index contributed by atoms with van der Waals surface area (Å²) < 4.78 is 1.84. The zero-order chi connectivity index (χ0) is 14.4. The van der Waals surface area contributed by atoms with Crippen molar-refractivity contribution in [2.75, 3.05) is 5.73 Å². The lowest BCUT2D eigenvalue weighted by molar-refractivity contribution is 0.554. The highest BCUT2D eigenvalue weighted by molar-refractivity contribution is 7.16. The number of nitrogens with two attached hydrogens (primary N) is 1. The van der Waals surface area contributed by atoms with Crippen LogP contribution in [0.4, 0.5) is 5.00 Å². The molecule has 2 heterocycles. The van der Waals surface area contributed by atoms with Crippen LogP contribution in [-0.2, 0) is 12.5 Å². The van der Waals surface area contributed by atoms with Crippen LogP contribution in [0.2, 0.25) is 0 Å². The highest BCUT2D eigenvalue weighted by Crippen LogP contribution is 2.38. The second-order valence-electron chi connectivity index (χ2n) is 6.23. The maximum absolute atomic E-state index is 6.15. The van der Waals surface area contributed by atoms with Gasteiger partial charge in [0, 0.05) is 30.1 Å². The zero-order valence-electron chi connectivity index (χ0n) is 12.5. The van der Waals surface area contributed by atoms with Gasteiger partial charge in [0.2, 0.25) is 0 Å². The van der Waals surface area contributed by atoms with Gasteiger partial charge in [-0.15, -0.1) is 11.3 Å². The molecule has 2 rings (SSSR count). The fraction of sp³-hybridized carbons (Fsp3) is 0.571. The third kappa shape index (κ3) is 2.66. The van der Waals surface area contributed by atoms with Crippen molar-refractivity contribution in [2.45, 2.75) is 46.0 Å². The molecule has 0 aromatic carbocycles. The van der Waals surface area contributed by atoms with Gasteiger partial charge in [0.1, 0.15) is 10.7 Å². The molecular formula is C14H22N4S. The van der Waals surface area contributed by atoms with Crippen molar-refractivity contribution in [1.29, 1.82) is 0 Å². The molecular weight excluding hydrogens is 256 g/mol. The Hall–Kier alpha value is -1.36. The Morgan fingerprint density at radius 1 is 1.32 bits per heavy atom. The molecule has 0 aliphatic carbocycles. The molecule has 2 aromatic rings. The Morgan fingerprint density at radius 3 is 2.42 bits per heavy atom. The van der Waals surface area contributed by atoms with E-state index < -0.39 is 0 Å². The van der Waals surface area contributed by atoms with Gasteiger partial charge in [0.15, 0.2) is 0 Å². The van der Waals surface area contributed by atoms with E-state index in [1.54, 1.807) is 11.3 Å². The fourth-order valence-electron chi connectivity index (χ4n) is 2.00. The van der Waals surface area contributed by atoms with Crippen molar-refractivity contribution in [3.05, 3.63) is 16.9 Å². The quantitative estimate of drug-likeness (QED) is 0.914. The molecule has 0 fully saturated rings. The summed E-state index contributed by atoms with van der Waals surface area (Å²) in [5.41, 5.74) is 9.10. The second-order valence-corrected chi connectivity index (χ2v) is 7.30. The normalized spacial score (nSPS) is 12.4. The van der Waals surface area contributed by atoms with Gasteiger partial charge in [0.05, 0.1) is 10.7 Å². The fourth-order valence-corrected chi connectivity index (χ4v) is 2.85. The summed E-state index contributed by atoms with van der Waals surface area (Å²) in [7, 11) is 1.94. The summed E-state index contributed by atoms with van der Waals surface area (Å²) >= 11 is 1.58. The van der Waals surface area contributed by atoms with Gasteiger partial charge < -0.3 is 5.73 Å². The largest absolute Gasteiger partial charge is 0.389 e. The predicted octanol–water partition coefficient (Wildman–Crippen LogP) is 3.55. The average Bonchev–Trinajstić information content (AvgIpc) is 2.80. The molecule has 0 aliphatic heterocycles.